The minimum absolute atomic E-state index is 0.879. The molecule has 252 valence electrons. The van der Waals surface area contributed by atoms with E-state index in [-0.39, 0.29) is 0 Å². The van der Waals surface area contributed by atoms with E-state index in [0.717, 1.165) is 85.8 Å². The third kappa shape index (κ3) is 5.51. The van der Waals surface area contributed by atoms with E-state index in [9.17, 15) is 0 Å². The number of fused-ring (bicyclic) bond motifs is 3. The van der Waals surface area contributed by atoms with Crippen LogP contribution in [0.1, 0.15) is 11.1 Å². The zero-order valence-electron chi connectivity index (χ0n) is 29.0. The van der Waals surface area contributed by atoms with E-state index >= 15 is 0 Å². The van der Waals surface area contributed by atoms with Crippen LogP contribution < -0.4 is 0 Å². The molecule has 0 unspecified atom stereocenters. The lowest BCUT2D eigenvalue weighted by atomic mass is 9.96. The third-order valence-corrected chi connectivity index (χ3v) is 10.2. The number of para-hydroxylation sites is 7. The van der Waals surface area contributed by atoms with Gasteiger partial charge >= 0.3 is 0 Å². The predicted molar refractivity (Wildman–Crippen MR) is 218 cm³/mol. The summed E-state index contributed by atoms with van der Waals surface area (Å²) in [5.41, 5.74) is 14.1. The van der Waals surface area contributed by atoms with E-state index in [0.29, 0.717) is 0 Å². The van der Waals surface area contributed by atoms with Crippen molar-refractivity contribution in [1.82, 2.24) is 24.1 Å². The van der Waals surface area contributed by atoms with E-state index in [1.165, 1.54) is 16.5 Å². The zero-order chi connectivity index (χ0) is 35.1. The number of benzene rings is 7. The van der Waals surface area contributed by atoms with Crippen molar-refractivity contribution in [1.29, 1.82) is 0 Å². The molecule has 0 aliphatic heterocycles. The monoisotopic (exact) mass is 681 g/mol. The van der Waals surface area contributed by atoms with Gasteiger partial charge < -0.3 is 4.98 Å². The van der Waals surface area contributed by atoms with Crippen LogP contribution in [0.25, 0.3) is 78.4 Å². The van der Waals surface area contributed by atoms with Gasteiger partial charge in [-0.1, -0.05) is 109 Å². The quantitative estimate of drug-likeness (QED) is 0.174. The van der Waals surface area contributed by atoms with Gasteiger partial charge in [-0.2, -0.15) is 0 Å². The van der Waals surface area contributed by atoms with Crippen molar-refractivity contribution in [2.75, 3.05) is 0 Å². The molecule has 0 aliphatic carbocycles. The summed E-state index contributed by atoms with van der Waals surface area (Å²) in [5, 5.41) is 1.25. The molecule has 10 rings (SSSR count). The fraction of sp³-hybridized carbons (Fsp3) is 0.0417. The van der Waals surface area contributed by atoms with Crippen LogP contribution in [0.2, 0.25) is 0 Å². The van der Waals surface area contributed by atoms with E-state index in [4.69, 9.17) is 9.97 Å². The lowest BCUT2D eigenvalue weighted by Crippen LogP contribution is -2.01. The highest BCUT2D eigenvalue weighted by molar-refractivity contribution is 5.94. The molecular weight excluding hydrogens is 647 g/mol. The van der Waals surface area contributed by atoms with Gasteiger partial charge in [0.2, 0.25) is 0 Å². The van der Waals surface area contributed by atoms with Gasteiger partial charge in [0.05, 0.1) is 22.1 Å². The average molecular weight is 682 g/mol. The Morgan fingerprint density at radius 3 is 1.49 bits per heavy atom. The number of imidazole rings is 2. The first kappa shape index (κ1) is 30.8. The molecule has 0 saturated carbocycles. The summed E-state index contributed by atoms with van der Waals surface area (Å²) in [6.07, 6.45) is 1.84. The summed E-state index contributed by atoms with van der Waals surface area (Å²) in [7, 11) is 0. The van der Waals surface area contributed by atoms with Gasteiger partial charge in [-0.05, 0) is 102 Å². The Morgan fingerprint density at radius 2 is 0.906 bits per heavy atom. The molecule has 3 aromatic heterocycles. The fourth-order valence-electron chi connectivity index (χ4n) is 7.77. The number of rotatable bonds is 8. The summed E-state index contributed by atoms with van der Waals surface area (Å²) < 4.78 is 4.56. The van der Waals surface area contributed by atoms with Crippen molar-refractivity contribution in [3.8, 4) is 45.4 Å². The molecule has 0 saturated heterocycles. The van der Waals surface area contributed by atoms with Crippen LogP contribution >= 0.6 is 0 Å². The Hall–Kier alpha value is -6.98. The number of nitrogens with zero attached hydrogens (tertiary/aromatic N) is 4. The highest BCUT2D eigenvalue weighted by Crippen LogP contribution is 2.39. The van der Waals surface area contributed by atoms with Crippen molar-refractivity contribution >= 4 is 33.0 Å². The van der Waals surface area contributed by atoms with Crippen molar-refractivity contribution in [3.05, 3.63) is 193 Å². The zero-order valence-corrected chi connectivity index (χ0v) is 29.0. The number of aromatic amines is 1. The minimum atomic E-state index is 0.879. The van der Waals surface area contributed by atoms with Crippen LogP contribution in [-0.2, 0) is 12.8 Å². The van der Waals surface area contributed by atoms with E-state index in [1.807, 2.05) is 0 Å². The summed E-state index contributed by atoms with van der Waals surface area (Å²) in [4.78, 5) is 14.5. The number of aromatic nitrogens is 5. The largest absolute Gasteiger partial charge is 0.354 e. The molecule has 0 bridgehead atoms. The van der Waals surface area contributed by atoms with Crippen LogP contribution in [0.5, 0.6) is 0 Å². The molecule has 0 amide bonds. The second kappa shape index (κ2) is 13.0. The van der Waals surface area contributed by atoms with Gasteiger partial charge in [0.1, 0.15) is 11.6 Å². The number of H-pyrrole nitrogens is 1. The first-order chi connectivity index (χ1) is 26.3. The van der Waals surface area contributed by atoms with Gasteiger partial charge in [0, 0.05) is 39.1 Å². The SMILES string of the molecule is c1ccc(CCc2c(-c3cc(-c4nc5ccccc5n4-c4ccccc4)cc(-c4nc5ccccc5n4-c4ccccc4)c3)[nH]c3ccccc23)cc1. The molecule has 5 nitrogen and oxygen atoms in total. The van der Waals surface area contributed by atoms with Crippen LogP contribution in [-0.4, -0.2) is 24.1 Å². The summed E-state index contributed by atoms with van der Waals surface area (Å²) in [6, 6.07) is 64.1. The van der Waals surface area contributed by atoms with E-state index in [1.54, 1.807) is 0 Å². The maximum Gasteiger partial charge on any atom is 0.145 e. The van der Waals surface area contributed by atoms with Crippen LogP contribution in [0.15, 0.2) is 182 Å². The van der Waals surface area contributed by atoms with E-state index in [2.05, 4.69) is 196 Å². The predicted octanol–water partition coefficient (Wildman–Crippen LogP) is 11.6. The molecule has 0 aliphatic rings. The molecule has 5 heteroatoms. The Kier molecular flexibility index (Phi) is 7.54. The topological polar surface area (TPSA) is 51.4 Å². The molecular formula is C48H35N5. The van der Waals surface area contributed by atoms with Gasteiger partial charge in [-0.25, -0.2) is 9.97 Å². The van der Waals surface area contributed by atoms with Crippen molar-refractivity contribution < 1.29 is 0 Å². The summed E-state index contributed by atoms with van der Waals surface area (Å²) >= 11 is 0. The van der Waals surface area contributed by atoms with Crippen LogP contribution in [0.3, 0.4) is 0 Å². The molecule has 0 spiro atoms. The molecule has 53 heavy (non-hydrogen) atoms. The van der Waals surface area contributed by atoms with Crippen LogP contribution in [0.4, 0.5) is 0 Å². The standard InChI is InChI=1S/C48H35N5/c1-4-16-33(17-5-1)28-29-40-39-22-10-11-23-41(39)49-46(40)34-30-35(47-50-42-24-12-14-26-44(42)52(47)37-18-6-2-7-19-37)32-36(31-34)48-51-43-25-13-15-27-45(43)53(48)38-20-8-3-9-21-38/h1-27,30-32,49H,28-29H2. The third-order valence-electron chi connectivity index (χ3n) is 10.2. The molecule has 10 aromatic rings. The number of nitrogens with one attached hydrogen (secondary N) is 1. The van der Waals surface area contributed by atoms with Crippen LogP contribution in [0, 0.1) is 0 Å². The van der Waals surface area contributed by atoms with Gasteiger partial charge in [0.25, 0.3) is 0 Å². The van der Waals surface area contributed by atoms with Crippen molar-refractivity contribution in [2.24, 2.45) is 0 Å². The van der Waals surface area contributed by atoms with Gasteiger partial charge in [-0.15, -0.1) is 0 Å². The smallest absolute Gasteiger partial charge is 0.145 e. The molecule has 0 fully saturated rings. The summed E-state index contributed by atoms with van der Waals surface area (Å²) in [5.74, 6) is 1.76. The Bertz CT molecular complexity index is 2740. The lowest BCUT2D eigenvalue weighted by molar-refractivity contribution is 0.970. The maximum atomic E-state index is 5.32. The molecule has 3 heterocycles. The second-order valence-corrected chi connectivity index (χ2v) is 13.5. The Labute approximate surface area is 307 Å². The van der Waals surface area contributed by atoms with Gasteiger partial charge in [0.15, 0.2) is 0 Å². The molecule has 7 aromatic carbocycles. The number of aryl methyl sites for hydroxylation is 2. The van der Waals surface area contributed by atoms with E-state index < -0.39 is 0 Å². The lowest BCUT2D eigenvalue weighted by Gasteiger charge is -2.15. The first-order valence-corrected chi connectivity index (χ1v) is 18.1. The Morgan fingerprint density at radius 1 is 0.434 bits per heavy atom. The number of hydrogen-bond donors (Lipinski definition) is 1. The van der Waals surface area contributed by atoms with Crippen molar-refractivity contribution in [2.45, 2.75) is 12.8 Å². The molecule has 0 radical (unpaired) electrons. The highest BCUT2D eigenvalue weighted by Gasteiger charge is 2.22. The molecule has 0 atom stereocenters. The second-order valence-electron chi connectivity index (χ2n) is 13.5. The number of hydrogen-bond acceptors (Lipinski definition) is 2. The Balaban J connectivity index is 1.26. The molecule has 1 N–H and O–H groups in total. The maximum absolute atomic E-state index is 5.32. The highest BCUT2D eigenvalue weighted by atomic mass is 15.1. The van der Waals surface area contributed by atoms with Crippen molar-refractivity contribution in [3.63, 3.8) is 0 Å². The average Bonchev–Trinajstić information content (AvgIpc) is 3.93. The normalized spacial score (nSPS) is 11.5. The van der Waals surface area contributed by atoms with Gasteiger partial charge in [-0.3, -0.25) is 9.13 Å². The fourth-order valence-corrected chi connectivity index (χ4v) is 7.77. The first-order valence-electron chi connectivity index (χ1n) is 18.1. The summed E-state index contributed by atoms with van der Waals surface area (Å²) in [6.45, 7) is 0. The minimum Gasteiger partial charge on any atom is -0.354 e.